The van der Waals surface area contributed by atoms with E-state index in [1.165, 1.54) is 6.07 Å². The van der Waals surface area contributed by atoms with Gasteiger partial charge in [0.05, 0.1) is 0 Å². The van der Waals surface area contributed by atoms with Gasteiger partial charge in [-0.3, -0.25) is 4.79 Å². The minimum Gasteiger partial charge on any atom is -0.299 e. The van der Waals surface area contributed by atoms with Crippen LogP contribution in [0.2, 0.25) is 0 Å². The van der Waals surface area contributed by atoms with Gasteiger partial charge in [0.15, 0.2) is 0 Å². The summed E-state index contributed by atoms with van der Waals surface area (Å²) < 4.78 is 13.3. The molecule has 2 heteroatoms. The zero-order chi connectivity index (χ0) is 11.4. The van der Waals surface area contributed by atoms with E-state index in [0.717, 1.165) is 0 Å². The van der Waals surface area contributed by atoms with Crippen LogP contribution in [-0.2, 0) is 11.2 Å². The Balaban J connectivity index is 2.71. The van der Waals surface area contributed by atoms with Gasteiger partial charge in [0.25, 0.3) is 0 Å². The Kier molecular flexibility index (Phi) is 4.01. The summed E-state index contributed by atoms with van der Waals surface area (Å²) in [7, 11) is 0. The molecule has 1 rings (SSSR count). The zero-order valence-electron chi connectivity index (χ0n) is 9.46. The molecule has 0 spiro atoms. The Morgan fingerprint density at radius 2 is 1.87 bits per heavy atom. The van der Waals surface area contributed by atoms with Crippen LogP contribution in [0.4, 0.5) is 4.39 Å². The average Bonchev–Trinajstić information content (AvgIpc) is 2.20. The summed E-state index contributed by atoms with van der Waals surface area (Å²) in [6.07, 6.45) is 0.490. The number of hydrogen-bond donors (Lipinski definition) is 0. The highest BCUT2D eigenvalue weighted by molar-refractivity contribution is 5.82. The van der Waals surface area contributed by atoms with Crippen molar-refractivity contribution in [3.63, 3.8) is 0 Å². The van der Waals surface area contributed by atoms with Gasteiger partial charge < -0.3 is 0 Å². The first kappa shape index (κ1) is 11.9. The topological polar surface area (TPSA) is 17.1 Å². The lowest BCUT2D eigenvalue weighted by atomic mass is 9.91. The molecule has 0 saturated heterocycles. The van der Waals surface area contributed by atoms with Crippen molar-refractivity contribution in [3.05, 3.63) is 35.6 Å². The molecule has 15 heavy (non-hydrogen) atoms. The maximum absolute atomic E-state index is 13.3. The van der Waals surface area contributed by atoms with Crippen molar-refractivity contribution in [3.8, 4) is 0 Å². The van der Waals surface area contributed by atoms with Crippen LogP contribution in [0.25, 0.3) is 0 Å². The normalized spacial score (nSPS) is 12.9. The first-order valence-electron chi connectivity index (χ1n) is 5.29. The van der Waals surface area contributed by atoms with E-state index in [4.69, 9.17) is 0 Å². The van der Waals surface area contributed by atoms with Gasteiger partial charge in [0, 0.05) is 11.8 Å². The summed E-state index contributed by atoms with van der Waals surface area (Å²) in [5.41, 5.74) is 0.624. The first-order valence-corrected chi connectivity index (χ1v) is 5.29. The first-order chi connectivity index (χ1) is 7.02. The van der Waals surface area contributed by atoms with Crippen molar-refractivity contribution >= 4 is 5.78 Å². The van der Waals surface area contributed by atoms with Gasteiger partial charge in [0.2, 0.25) is 0 Å². The van der Waals surface area contributed by atoms with Crippen molar-refractivity contribution in [1.29, 1.82) is 0 Å². The lowest BCUT2D eigenvalue weighted by Crippen LogP contribution is -2.19. The molecule has 1 atom stereocenters. The lowest BCUT2D eigenvalue weighted by molar-refractivity contribution is -0.125. The molecule has 0 aliphatic heterocycles. The molecule has 0 radical (unpaired) electrons. The van der Waals surface area contributed by atoms with Crippen molar-refractivity contribution in [2.75, 3.05) is 0 Å². The molecule has 0 aromatic heterocycles. The van der Waals surface area contributed by atoms with E-state index in [1.54, 1.807) is 18.2 Å². The predicted octanol–water partition coefficient (Wildman–Crippen LogP) is 3.23. The van der Waals surface area contributed by atoms with Crippen LogP contribution in [0.1, 0.15) is 26.3 Å². The SMILES string of the molecule is CC(C)C(=O)C(C)Cc1ccccc1F. The molecule has 0 amide bonds. The Labute approximate surface area is 90.3 Å². The predicted molar refractivity (Wildman–Crippen MR) is 59.1 cm³/mol. The fraction of sp³-hybridized carbons (Fsp3) is 0.462. The number of hydrogen-bond acceptors (Lipinski definition) is 1. The van der Waals surface area contributed by atoms with Crippen LogP contribution < -0.4 is 0 Å². The molecule has 82 valence electrons. The monoisotopic (exact) mass is 208 g/mol. The van der Waals surface area contributed by atoms with E-state index < -0.39 is 0 Å². The largest absolute Gasteiger partial charge is 0.299 e. The Morgan fingerprint density at radius 1 is 1.27 bits per heavy atom. The average molecular weight is 208 g/mol. The van der Waals surface area contributed by atoms with E-state index in [1.807, 2.05) is 20.8 Å². The minimum absolute atomic E-state index is 0.0202. The Bertz CT molecular complexity index is 344. The number of rotatable bonds is 4. The molecule has 0 saturated carbocycles. The fourth-order valence-corrected chi connectivity index (χ4v) is 1.66. The molecule has 1 aromatic carbocycles. The van der Waals surface area contributed by atoms with Gasteiger partial charge in [0.1, 0.15) is 11.6 Å². The molecule has 0 N–H and O–H groups in total. The van der Waals surface area contributed by atoms with Crippen LogP contribution in [0.5, 0.6) is 0 Å². The number of carbonyl (C=O) groups is 1. The molecular weight excluding hydrogens is 191 g/mol. The third kappa shape index (κ3) is 3.15. The molecule has 1 aromatic rings. The second-order valence-corrected chi connectivity index (χ2v) is 4.25. The summed E-state index contributed by atoms with van der Waals surface area (Å²) in [4.78, 5) is 11.6. The van der Waals surface area contributed by atoms with Gasteiger partial charge in [-0.1, -0.05) is 39.0 Å². The van der Waals surface area contributed by atoms with Gasteiger partial charge in [-0.25, -0.2) is 4.39 Å². The van der Waals surface area contributed by atoms with E-state index in [2.05, 4.69) is 0 Å². The van der Waals surface area contributed by atoms with Crippen molar-refractivity contribution in [2.45, 2.75) is 27.2 Å². The minimum atomic E-state index is -0.221. The van der Waals surface area contributed by atoms with Gasteiger partial charge in [-0.2, -0.15) is 0 Å². The van der Waals surface area contributed by atoms with Gasteiger partial charge in [-0.05, 0) is 18.1 Å². The molecule has 0 bridgehead atoms. The number of benzene rings is 1. The smallest absolute Gasteiger partial charge is 0.138 e. The summed E-state index contributed by atoms with van der Waals surface area (Å²) >= 11 is 0. The van der Waals surface area contributed by atoms with Crippen LogP contribution in [-0.4, -0.2) is 5.78 Å². The van der Waals surface area contributed by atoms with Crippen LogP contribution in [0, 0.1) is 17.7 Å². The maximum Gasteiger partial charge on any atom is 0.138 e. The summed E-state index contributed by atoms with van der Waals surface area (Å²) in [5, 5.41) is 0. The highest BCUT2D eigenvalue weighted by atomic mass is 19.1. The van der Waals surface area contributed by atoms with Crippen molar-refractivity contribution < 1.29 is 9.18 Å². The molecular formula is C13H17FO. The number of carbonyl (C=O) groups excluding carboxylic acids is 1. The number of ketones is 1. The highest BCUT2D eigenvalue weighted by Crippen LogP contribution is 2.15. The van der Waals surface area contributed by atoms with Gasteiger partial charge >= 0.3 is 0 Å². The fourth-order valence-electron chi connectivity index (χ4n) is 1.66. The zero-order valence-corrected chi connectivity index (χ0v) is 9.46. The molecule has 0 aliphatic carbocycles. The van der Waals surface area contributed by atoms with Crippen LogP contribution >= 0.6 is 0 Å². The second-order valence-electron chi connectivity index (χ2n) is 4.25. The molecule has 1 unspecified atom stereocenters. The summed E-state index contributed by atoms with van der Waals surface area (Å²) in [6.45, 7) is 5.61. The molecule has 1 nitrogen and oxygen atoms in total. The van der Waals surface area contributed by atoms with Crippen LogP contribution in [0.3, 0.4) is 0 Å². The lowest BCUT2D eigenvalue weighted by Gasteiger charge is -2.13. The summed E-state index contributed by atoms with van der Waals surface area (Å²) in [5.74, 6) is -0.118. The quantitative estimate of drug-likeness (QED) is 0.742. The van der Waals surface area contributed by atoms with E-state index >= 15 is 0 Å². The van der Waals surface area contributed by atoms with E-state index in [-0.39, 0.29) is 23.4 Å². The highest BCUT2D eigenvalue weighted by Gasteiger charge is 2.17. The molecule has 0 fully saturated rings. The third-order valence-electron chi connectivity index (χ3n) is 2.54. The second kappa shape index (κ2) is 5.06. The van der Waals surface area contributed by atoms with Crippen molar-refractivity contribution in [1.82, 2.24) is 0 Å². The standard InChI is InChI=1S/C13H17FO/c1-9(2)13(15)10(3)8-11-6-4-5-7-12(11)14/h4-7,9-10H,8H2,1-3H3. The van der Waals surface area contributed by atoms with E-state index in [9.17, 15) is 9.18 Å². The maximum atomic E-state index is 13.3. The number of Topliss-reactive ketones (excluding diaryl/α,β-unsaturated/α-hetero) is 1. The molecule has 0 aliphatic rings. The molecule has 0 heterocycles. The van der Waals surface area contributed by atoms with Gasteiger partial charge in [-0.15, -0.1) is 0 Å². The van der Waals surface area contributed by atoms with Crippen LogP contribution in [0.15, 0.2) is 24.3 Å². The Morgan fingerprint density at radius 3 is 2.40 bits per heavy atom. The third-order valence-corrected chi connectivity index (χ3v) is 2.54. The van der Waals surface area contributed by atoms with E-state index in [0.29, 0.717) is 12.0 Å². The summed E-state index contributed by atoms with van der Waals surface area (Å²) in [6, 6.07) is 6.63. The number of halogens is 1. The Hall–Kier alpha value is -1.18. The van der Waals surface area contributed by atoms with Crippen molar-refractivity contribution in [2.24, 2.45) is 11.8 Å².